The van der Waals surface area contributed by atoms with Crippen molar-refractivity contribution >= 4 is 27.7 Å². The van der Waals surface area contributed by atoms with E-state index in [0.29, 0.717) is 11.2 Å². The second kappa shape index (κ2) is 7.82. The second-order valence-corrected chi connectivity index (χ2v) is 5.63. The molecule has 0 aliphatic heterocycles. The summed E-state index contributed by atoms with van der Waals surface area (Å²) in [7, 11) is 3.26. The monoisotopic (exact) mass is 380 g/mol. The van der Waals surface area contributed by atoms with Crippen molar-refractivity contribution in [2.24, 2.45) is 0 Å². The zero-order valence-electron chi connectivity index (χ0n) is 12.8. The van der Waals surface area contributed by atoms with E-state index in [0.717, 1.165) is 11.3 Å². The minimum atomic E-state index is -0.435. The Kier molecular flexibility index (Phi) is 5.81. The minimum absolute atomic E-state index is 0.108. The number of rotatable bonds is 6. The van der Waals surface area contributed by atoms with Crippen molar-refractivity contribution < 1.29 is 18.7 Å². The Bertz CT molecular complexity index is 699. The van der Waals surface area contributed by atoms with Crippen molar-refractivity contribution in [3.8, 4) is 5.75 Å². The Balaban J connectivity index is 1.89. The topological polar surface area (TPSA) is 71.8 Å². The number of carbonyl (C=O) groups excluding carboxylic acids is 2. The number of benzene rings is 1. The van der Waals surface area contributed by atoms with Gasteiger partial charge in [-0.3, -0.25) is 9.59 Å². The van der Waals surface area contributed by atoms with Crippen LogP contribution in [0.5, 0.6) is 5.75 Å². The van der Waals surface area contributed by atoms with Crippen LogP contribution in [-0.2, 0) is 11.3 Å². The van der Waals surface area contributed by atoms with Gasteiger partial charge in [0.2, 0.25) is 5.91 Å². The molecule has 122 valence electrons. The Morgan fingerprint density at radius 2 is 2.00 bits per heavy atom. The van der Waals surface area contributed by atoms with Crippen LogP contribution in [-0.4, -0.2) is 37.4 Å². The summed E-state index contributed by atoms with van der Waals surface area (Å²) in [5.74, 6) is 0.221. The summed E-state index contributed by atoms with van der Waals surface area (Å²) in [5, 5.41) is 2.53. The maximum Gasteiger partial charge on any atom is 0.287 e. The van der Waals surface area contributed by atoms with Gasteiger partial charge in [-0.15, -0.1) is 0 Å². The number of para-hydroxylation sites is 1. The van der Waals surface area contributed by atoms with E-state index in [2.05, 4.69) is 21.2 Å². The molecular weight excluding hydrogens is 364 g/mol. The number of carbonyl (C=O) groups is 2. The molecule has 7 heteroatoms. The van der Waals surface area contributed by atoms with Gasteiger partial charge in [-0.1, -0.05) is 18.2 Å². The molecule has 6 nitrogen and oxygen atoms in total. The van der Waals surface area contributed by atoms with Crippen LogP contribution in [0.25, 0.3) is 0 Å². The molecule has 2 amide bonds. The first-order chi connectivity index (χ1) is 11.0. The lowest BCUT2D eigenvalue weighted by Gasteiger charge is -2.19. The smallest absolute Gasteiger partial charge is 0.287 e. The van der Waals surface area contributed by atoms with Crippen molar-refractivity contribution in [1.82, 2.24) is 10.2 Å². The number of amides is 2. The van der Waals surface area contributed by atoms with E-state index < -0.39 is 5.91 Å². The average Bonchev–Trinajstić information content (AvgIpc) is 2.99. The Labute approximate surface area is 142 Å². The first kappa shape index (κ1) is 17.1. The highest BCUT2D eigenvalue weighted by molar-refractivity contribution is 9.10. The lowest BCUT2D eigenvalue weighted by Crippen LogP contribution is -2.37. The number of nitrogens with zero attached hydrogens (tertiary/aromatic N) is 1. The number of likely N-dealkylation sites (N-methyl/N-ethyl adjacent to an activating group) is 1. The van der Waals surface area contributed by atoms with Crippen LogP contribution in [0.15, 0.2) is 45.5 Å². The number of methoxy groups -OCH3 is 1. The van der Waals surface area contributed by atoms with Gasteiger partial charge in [-0.25, -0.2) is 0 Å². The van der Waals surface area contributed by atoms with Gasteiger partial charge in [0.25, 0.3) is 5.91 Å². The number of hydrogen-bond acceptors (Lipinski definition) is 4. The third-order valence-electron chi connectivity index (χ3n) is 3.22. The predicted octanol–water partition coefficient (Wildman–Crippen LogP) is 2.44. The molecule has 0 fully saturated rings. The number of nitrogens with one attached hydrogen (secondary N) is 1. The van der Waals surface area contributed by atoms with Gasteiger partial charge >= 0.3 is 0 Å². The van der Waals surface area contributed by atoms with Crippen molar-refractivity contribution in [2.45, 2.75) is 6.54 Å². The highest BCUT2D eigenvalue weighted by Crippen LogP contribution is 2.18. The molecular formula is C16H17BrN2O4. The molecule has 1 aromatic carbocycles. The number of halogens is 1. The summed E-state index contributed by atoms with van der Waals surface area (Å²) < 4.78 is 10.8. The molecule has 0 radical (unpaired) electrons. The Hall–Kier alpha value is -2.28. The molecule has 0 bridgehead atoms. The molecule has 0 spiro atoms. The SMILES string of the molecule is COc1ccccc1CN(C)C(=O)CNC(=O)c1ccc(Br)o1. The molecule has 2 aromatic rings. The van der Waals surface area contributed by atoms with E-state index in [4.69, 9.17) is 9.15 Å². The lowest BCUT2D eigenvalue weighted by atomic mass is 10.2. The highest BCUT2D eigenvalue weighted by Gasteiger charge is 2.15. The van der Waals surface area contributed by atoms with Gasteiger partial charge in [0.05, 0.1) is 13.7 Å². The van der Waals surface area contributed by atoms with Gasteiger partial charge in [-0.2, -0.15) is 0 Å². The van der Waals surface area contributed by atoms with E-state index >= 15 is 0 Å². The van der Waals surface area contributed by atoms with E-state index in [-0.39, 0.29) is 18.2 Å². The van der Waals surface area contributed by atoms with Crippen LogP contribution in [0, 0.1) is 0 Å². The number of furan rings is 1. The Morgan fingerprint density at radius 1 is 1.26 bits per heavy atom. The maximum atomic E-state index is 12.1. The highest BCUT2D eigenvalue weighted by atomic mass is 79.9. The summed E-state index contributed by atoms with van der Waals surface area (Å²) in [4.78, 5) is 25.5. The van der Waals surface area contributed by atoms with Gasteiger partial charge in [0.15, 0.2) is 10.4 Å². The van der Waals surface area contributed by atoms with Crippen molar-refractivity contribution in [3.63, 3.8) is 0 Å². The molecule has 2 rings (SSSR count). The molecule has 1 heterocycles. The zero-order chi connectivity index (χ0) is 16.8. The summed E-state index contributed by atoms with van der Waals surface area (Å²) in [6.45, 7) is 0.286. The standard InChI is InChI=1S/C16H17BrN2O4/c1-19(10-11-5-3-4-6-12(11)22-2)15(20)9-18-16(21)13-7-8-14(17)23-13/h3-8H,9-10H2,1-2H3,(H,18,21). The molecule has 0 saturated carbocycles. The van der Waals surface area contributed by atoms with E-state index in [9.17, 15) is 9.59 Å². The Morgan fingerprint density at radius 3 is 2.65 bits per heavy atom. The van der Waals surface area contributed by atoms with Crippen molar-refractivity contribution in [1.29, 1.82) is 0 Å². The summed E-state index contributed by atoms with van der Waals surface area (Å²) >= 11 is 3.12. The van der Waals surface area contributed by atoms with Gasteiger partial charge in [-0.05, 0) is 34.1 Å². The first-order valence-electron chi connectivity index (χ1n) is 6.90. The molecule has 1 aromatic heterocycles. The molecule has 0 aliphatic rings. The quantitative estimate of drug-likeness (QED) is 0.835. The maximum absolute atomic E-state index is 12.1. The first-order valence-corrected chi connectivity index (χ1v) is 7.70. The number of ether oxygens (including phenoxy) is 1. The predicted molar refractivity (Wildman–Crippen MR) is 88.2 cm³/mol. The van der Waals surface area contributed by atoms with Crippen LogP contribution < -0.4 is 10.1 Å². The minimum Gasteiger partial charge on any atom is -0.496 e. The van der Waals surface area contributed by atoms with Crippen LogP contribution >= 0.6 is 15.9 Å². The third-order valence-corrected chi connectivity index (χ3v) is 3.65. The fourth-order valence-electron chi connectivity index (χ4n) is 1.99. The van der Waals surface area contributed by atoms with Crippen LogP contribution in [0.3, 0.4) is 0 Å². The van der Waals surface area contributed by atoms with E-state index in [1.807, 2.05) is 24.3 Å². The van der Waals surface area contributed by atoms with Crippen LogP contribution in [0.4, 0.5) is 0 Å². The third kappa shape index (κ3) is 4.59. The zero-order valence-corrected chi connectivity index (χ0v) is 14.4. The summed E-state index contributed by atoms with van der Waals surface area (Å²) in [6.07, 6.45) is 0. The fourth-order valence-corrected chi connectivity index (χ4v) is 2.30. The summed E-state index contributed by atoms with van der Waals surface area (Å²) in [5.41, 5.74) is 0.896. The van der Waals surface area contributed by atoms with Crippen molar-refractivity contribution in [2.75, 3.05) is 20.7 Å². The normalized spacial score (nSPS) is 10.2. The number of hydrogen-bond donors (Lipinski definition) is 1. The molecule has 0 saturated heterocycles. The van der Waals surface area contributed by atoms with Crippen LogP contribution in [0.1, 0.15) is 16.1 Å². The van der Waals surface area contributed by atoms with E-state index in [1.54, 1.807) is 20.2 Å². The van der Waals surface area contributed by atoms with Gasteiger partial charge in [0, 0.05) is 19.2 Å². The second-order valence-electron chi connectivity index (χ2n) is 4.85. The average molecular weight is 381 g/mol. The van der Waals surface area contributed by atoms with Gasteiger partial charge < -0.3 is 19.4 Å². The molecule has 23 heavy (non-hydrogen) atoms. The molecule has 0 unspecified atom stereocenters. The largest absolute Gasteiger partial charge is 0.496 e. The summed E-state index contributed by atoms with van der Waals surface area (Å²) in [6, 6.07) is 10.6. The van der Waals surface area contributed by atoms with Gasteiger partial charge in [0.1, 0.15) is 5.75 Å². The van der Waals surface area contributed by atoms with Crippen molar-refractivity contribution in [3.05, 3.63) is 52.4 Å². The van der Waals surface area contributed by atoms with E-state index in [1.165, 1.54) is 11.0 Å². The fraction of sp³-hybridized carbons (Fsp3) is 0.250. The molecule has 0 atom stereocenters. The van der Waals surface area contributed by atoms with Crippen LogP contribution in [0.2, 0.25) is 0 Å². The molecule has 0 aliphatic carbocycles. The molecule has 1 N–H and O–H groups in total. The lowest BCUT2D eigenvalue weighted by molar-refractivity contribution is -0.129.